The molecule has 4 unspecified atom stereocenters. The molecular formula is C33H28F4N2O5S. The van der Waals surface area contributed by atoms with Gasteiger partial charge >= 0.3 is 12.3 Å². The van der Waals surface area contributed by atoms with Crippen LogP contribution < -0.4 is 4.74 Å². The lowest BCUT2D eigenvalue weighted by Gasteiger charge is -2.48. The normalized spacial score (nSPS) is 25.6. The van der Waals surface area contributed by atoms with Crippen LogP contribution in [0.15, 0.2) is 52.6 Å². The number of aromatic carboxylic acids is 1. The monoisotopic (exact) mass is 640 g/mol. The first-order valence-corrected chi connectivity index (χ1v) is 15.8. The molecule has 4 aromatic rings. The van der Waals surface area contributed by atoms with E-state index >= 15 is 0 Å². The van der Waals surface area contributed by atoms with Crippen LogP contribution in [0.3, 0.4) is 0 Å². The van der Waals surface area contributed by atoms with Crippen molar-refractivity contribution < 1.29 is 41.5 Å². The zero-order valence-electron chi connectivity index (χ0n) is 23.9. The Morgan fingerprint density at radius 2 is 2.00 bits per heavy atom. The number of ether oxygens (including phenoxy) is 2. The van der Waals surface area contributed by atoms with Gasteiger partial charge < -0.3 is 19.1 Å². The van der Waals surface area contributed by atoms with Crippen LogP contribution in [-0.4, -0.2) is 33.7 Å². The molecule has 12 heteroatoms. The summed E-state index contributed by atoms with van der Waals surface area (Å²) in [5.74, 6) is -0.449. The number of carbonyl (C=O) groups is 1. The van der Waals surface area contributed by atoms with Gasteiger partial charge in [0.25, 0.3) is 0 Å². The summed E-state index contributed by atoms with van der Waals surface area (Å²) < 4.78 is 71.0. The van der Waals surface area contributed by atoms with Crippen molar-refractivity contribution in [3.8, 4) is 17.0 Å². The molecule has 2 aromatic carbocycles. The average Bonchev–Trinajstić information content (AvgIpc) is 3.53. The number of carboxylic acids is 1. The van der Waals surface area contributed by atoms with E-state index in [2.05, 4.69) is 21.0 Å². The second kappa shape index (κ2) is 10.4. The highest BCUT2D eigenvalue weighted by molar-refractivity contribution is 7.18. The number of allylic oxidation sites excluding steroid dienone is 1. The van der Waals surface area contributed by atoms with Gasteiger partial charge in [0.1, 0.15) is 22.7 Å². The number of fused-ring (bicyclic) bond motifs is 2. The molecule has 234 valence electrons. The van der Waals surface area contributed by atoms with Crippen molar-refractivity contribution in [1.82, 2.24) is 10.1 Å². The number of carboxylic acid groups (broad SMARTS) is 1. The van der Waals surface area contributed by atoms with Crippen LogP contribution in [0.5, 0.6) is 5.75 Å². The number of benzene rings is 2. The van der Waals surface area contributed by atoms with Gasteiger partial charge in [-0.15, -0.1) is 24.5 Å². The first-order chi connectivity index (χ1) is 21.5. The summed E-state index contributed by atoms with van der Waals surface area (Å²) in [6.45, 7) is 0.164. The Balaban J connectivity index is 1.00. The van der Waals surface area contributed by atoms with E-state index in [4.69, 9.17) is 9.26 Å². The molecule has 0 spiro atoms. The Morgan fingerprint density at radius 3 is 2.78 bits per heavy atom. The van der Waals surface area contributed by atoms with Gasteiger partial charge in [-0.1, -0.05) is 28.9 Å². The quantitative estimate of drug-likeness (QED) is 0.145. The van der Waals surface area contributed by atoms with Gasteiger partial charge in [0.2, 0.25) is 0 Å². The predicted octanol–water partition coefficient (Wildman–Crippen LogP) is 8.44. The second-order valence-electron chi connectivity index (χ2n) is 12.8. The number of aromatic nitrogens is 2. The topological polar surface area (TPSA) is 94.7 Å². The van der Waals surface area contributed by atoms with Gasteiger partial charge in [-0.3, -0.25) is 0 Å². The van der Waals surface area contributed by atoms with Gasteiger partial charge in [-0.2, -0.15) is 0 Å². The highest BCUT2D eigenvalue weighted by atomic mass is 32.1. The molecular weight excluding hydrogens is 612 g/mol. The first kappa shape index (κ1) is 28.7. The van der Waals surface area contributed by atoms with E-state index in [1.54, 1.807) is 12.1 Å². The van der Waals surface area contributed by atoms with E-state index in [1.807, 2.05) is 0 Å². The SMILES string of the molecule is O=C(O)c1cc(F)c2nc(CC34CC5=CC(OCc6c(-c7ccccc7OC(F)(F)F)noc6C6CC6)CC(CC53)C4)sc2c1. The molecule has 4 aliphatic rings. The van der Waals surface area contributed by atoms with E-state index in [9.17, 15) is 27.5 Å². The maximum absolute atomic E-state index is 14.6. The highest BCUT2D eigenvalue weighted by Crippen LogP contribution is 2.66. The summed E-state index contributed by atoms with van der Waals surface area (Å²) in [5.41, 5.74) is 2.74. The van der Waals surface area contributed by atoms with E-state index in [1.165, 1.54) is 35.1 Å². The van der Waals surface area contributed by atoms with Crippen LogP contribution in [-0.2, 0) is 17.8 Å². The maximum atomic E-state index is 14.6. The standard InChI is InChI=1S/C33H28F4N2O5S/c34-24-10-18(31(40)41)11-26-29(24)38-27(45-26)14-32-12-16-7-20(9-19(13-32)23(32)8-16)42-15-22-28(39-44-30(22)17-5-6-17)21-3-1-2-4-25(21)43-33(35,36)37/h1-4,9-11,16-17,20,23H,5-8,12-15H2,(H,40,41). The van der Waals surface area contributed by atoms with Gasteiger partial charge in [0.05, 0.1) is 28.0 Å². The highest BCUT2D eigenvalue weighted by Gasteiger charge is 2.57. The summed E-state index contributed by atoms with van der Waals surface area (Å²) in [4.78, 5) is 15.9. The molecule has 2 aromatic heterocycles. The lowest BCUT2D eigenvalue weighted by Crippen LogP contribution is -2.41. The third-order valence-electron chi connectivity index (χ3n) is 9.79. The summed E-state index contributed by atoms with van der Waals surface area (Å²) in [7, 11) is 0. The number of hydrogen-bond donors (Lipinski definition) is 1. The van der Waals surface area contributed by atoms with E-state index in [0.717, 1.165) is 56.0 Å². The molecule has 7 nitrogen and oxygen atoms in total. The van der Waals surface area contributed by atoms with Crippen molar-refractivity contribution >= 4 is 27.5 Å². The van der Waals surface area contributed by atoms with Gasteiger partial charge in [-0.05, 0) is 80.0 Å². The van der Waals surface area contributed by atoms with Crippen LogP contribution in [0.2, 0.25) is 0 Å². The molecule has 3 saturated carbocycles. The summed E-state index contributed by atoms with van der Waals surface area (Å²) >= 11 is 1.37. The first-order valence-electron chi connectivity index (χ1n) is 15.0. The lowest BCUT2D eigenvalue weighted by atomic mass is 9.56. The van der Waals surface area contributed by atoms with Crippen molar-refractivity contribution in [2.45, 2.75) is 69.9 Å². The molecule has 8 rings (SSSR count). The minimum Gasteiger partial charge on any atom is -0.478 e. The van der Waals surface area contributed by atoms with Crippen molar-refractivity contribution in [2.75, 3.05) is 0 Å². The third kappa shape index (κ3) is 5.21. The van der Waals surface area contributed by atoms with Crippen molar-refractivity contribution in [2.24, 2.45) is 17.3 Å². The fraction of sp³-hybridized carbons (Fsp3) is 0.424. The van der Waals surface area contributed by atoms with E-state index in [0.29, 0.717) is 33.6 Å². The zero-order chi connectivity index (χ0) is 31.1. The zero-order valence-corrected chi connectivity index (χ0v) is 24.7. The molecule has 0 aliphatic heterocycles. The minimum absolute atomic E-state index is 0.0600. The Labute approximate surface area is 258 Å². The molecule has 4 aliphatic carbocycles. The minimum atomic E-state index is -4.84. The number of thiazole rings is 1. The van der Waals surface area contributed by atoms with Gasteiger partial charge in [0.15, 0.2) is 5.82 Å². The molecule has 3 fully saturated rings. The van der Waals surface area contributed by atoms with E-state index < -0.39 is 18.1 Å². The molecule has 45 heavy (non-hydrogen) atoms. The summed E-state index contributed by atoms with van der Waals surface area (Å²) in [5, 5.41) is 14.3. The Kier molecular flexibility index (Phi) is 6.62. The number of para-hydroxylation sites is 1. The van der Waals surface area contributed by atoms with Crippen molar-refractivity contribution in [1.29, 1.82) is 0 Å². The number of hydrogen-bond acceptors (Lipinski definition) is 7. The number of halogens is 4. The van der Waals surface area contributed by atoms with Crippen LogP contribution in [0, 0.1) is 23.1 Å². The molecule has 0 saturated heterocycles. The number of rotatable bonds is 9. The molecule has 0 radical (unpaired) electrons. The molecule has 2 heterocycles. The molecule has 2 bridgehead atoms. The van der Waals surface area contributed by atoms with E-state index in [-0.39, 0.29) is 46.4 Å². The van der Waals surface area contributed by atoms with Crippen LogP contribution in [0.25, 0.3) is 21.5 Å². The predicted molar refractivity (Wildman–Crippen MR) is 155 cm³/mol. The maximum Gasteiger partial charge on any atom is 0.573 e. The summed E-state index contributed by atoms with van der Waals surface area (Å²) in [6.07, 6.45) is 3.60. The molecule has 1 N–H and O–H groups in total. The average molecular weight is 641 g/mol. The Bertz CT molecular complexity index is 1860. The van der Waals surface area contributed by atoms with Gasteiger partial charge in [-0.25, -0.2) is 14.2 Å². The Hall–Kier alpha value is -3.77. The fourth-order valence-electron chi connectivity index (χ4n) is 7.83. The molecule has 0 amide bonds. The smallest absolute Gasteiger partial charge is 0.478 e. The van der Waals surface area contributed by atoms with Crippen molar-refractivity contribution in [3.05, 3.63) is 75.8 Å². The Morgan fingerprint density at radius 1 is 1.18 bits per heavy atom. The number of alkyl halides is 3. The summed E-state index contributed by atoms with van der Waals surface area (Å²) in [6, 6.07) is 8.45. The fourth-order valence-corrected chi connectivity index (χ4v) is 9.00. The molecule has 4 atom stereocenters. The van der Waals surface area contributed by atoms with Crippen LogP contribution >= 0.6 is 11.3 Å². The number of nitrogens with zero attached hydrogens (tertiary/aromatic N) is 2. The third-order valence-corrected chi connectivity index (χ3v) is 10.8. The van der Waals surface area contributed by atoms with Crippen molar-refractivity contribution in [3.63, 3.8) is 0 Å². The lowest BCUT2D eigenvalue weighted by molar-refractivity contribution is -0.274. The largest absolute Gasteiger partial charge is 0.573 e. The second-order valence-corrected chi connectivity index (χ2v) is 13.9. The van der Waals surface area contributed by atoms with Crippen LogP contribution in [0.1, 0.15) is 71.1 Å². The van der Waals surface area contributed by atoms with Crippen LogP contribution in [0.4, 0.5) is 17.6 Å². The van der Waals surface area contributed by atoms with Gasteiger partial charge in [0, 0.05) is 23.5 Å².